The van der Waals surface area contributed by atoms with E-state index in [9.17, 15) is 0 Å². The first-order chi connectivity index (χ1) is 11.1. The zero-order chi connectivity index (χ0) is 16.2. The Balaban J connectivity index is 1.64. The number of nitrogens with one attached hydrogen (secondary N) is 2. The fourth-order valence-electron chi connectivity index (χ4n) is 2.78. The molecule has 0 saturated carbocycles. The maximum absolute atomic E-state index is 5.96. The third-order valence-electron chi connectivity index (χ3n) is 3.96. The fourth-order valence-corrected chi connectivity index (χ4v) is 2.78. The second-order valence-corrected chi connectivity index (χ2v) is 5.82. The molecule has 2 aromatic carbocycles. The normalized spacial score (nSPS) is 11.8. The molecule has 118 valence electrons. The number of aryl methyl sites for hydroxylation is 2. The van der Waals surface area contributed by atoms with Crippen molar-refractivity contribution in [3.8, 4) is 0 Å². The van der Waals surface area contributed by atoms with Crippen molar-refractivity contribution in [2.75, 3.05) is 11.9 Å². The summed E-state index contributed by atoms with van der Waals surface area (Å²) in [4.78, 5) is 7.77. The van der Waals surface area contributed by atoms with Crippen LogP contribution in [0.1, 0.15) is 16.7 Å². The van der Waals surface area contributed by atoms with E-state index in [1.54, 1.807) is 0 Å². The van der Waals surface area contributed by atoms with Crippen LogP contribution in [0, 0.1) is 13.8 Å². The van der Waals surface area contributed by atoms with Gasteiger partial charge in [-0.05, 0) is 49.1 Å². The average Bonchev–Trinajstić information content (AvgIpc) is 2.92. The second kappa shape index (κ2) is 6.57. The van der Waals surface area contributed by atoms with E-state index in [2.05, 4.69) is 59.6 Å². The lowest BCUT2D eigenvalue weighted by atomic mass is 10.1. The van der Waals surface area contributed by atoms with Gasteiger partial charge in [0.15, 0.2) is 5.96 Å². The number of hydrogen-bond acceptors (Lipinski definition) is 1. The minimum absolute atomic E-state index is 0.451. The third-order valence-corrected chi connectivity index (χ3v) is 3.96. The van der Waals surface area contributed by atoms with Crippen molar-refractivity contribution >= 4 is 22.5 Å². The van der Waals surface area contributed by atoms with Gasteiger partial charge < -0.3 is 16.0 Å². The number of fused-ring (bicyclic) bond motifs is 1. The number of H-pyrrole nitrogens is 1. The SMILES string of the molecule is Cc1cccc(NC(N)=NCCc2c[nH]c3c(C)cccc23)c1. The maximum atomic E-state index is 5.96. The van der Waals surface area contributed by atoms with E-state index in [1.165, 1.54) is 27.6 Å². The number of guanidine groups is 1. The molecule has 0 amide bonds. The Hall–Kier alpha value is -2.75. The van der Waals surface area contributed by atoms with Crippen molar-refractivity contribution in [2.45, 2.75) is 20.3 Å². The van der Waals surface area contributed by atoms with Crippen LogP contribution in [0.25, 0.3) is 10.9 Å². The van der Waals surface area contributed by atoms with Gasteiger partial charge >= 0.3 is 0 Å². The summed E-state index contributed by atoms with van der Waals surface area (Å²) in [6.45, 7) is 4.83. The number of aliphatic imine (C=N–C) groups is 1. The summed E-state index contributed by atoms with van der Waals surface area (Å²) < 4.78 is 0. The molecule has 1 aromatic heterocycles. The average molecular weight is 306 g/mol. The van der Waals surface area contributed by atoms with E-state index in [1.807, 2.05) is 18.2 Å². The fraction of sp³-hybridized carbons (Fsp3) is 0.211. The standard InChI is InChI=1S/C19H22N4/c1-13-5-3-7-16(11-13)23-19(20)21-10-9-15-12-22-18-14(2)6-4-8-17(15)18/h3-8,11-12,22H,9-10H2,1-2H3,(H3,20,21,23). The maximum Gasteiger partial charge on any atom is 0.193 e. The number of benzene rings is 2. The molecule has 0 aliphatic heterocycles. The van der Waals surface area contributed by atoms with Crippen LogP contribution in [0.3, 0.4) is 0 Å². The minimum atomic E-state index is 0.451. The summed E-state index contributed by atoms with van der Waals surface area (Å²) >= 11 is 0. The van der Waals surface area contributed by atoms with Gasteiger partial charge in [0.25, 0.3) is 0 Å². The van der Waals surface area contributed by atoms with Crippen LogP contribution in [0.5, 0.6) is 0 Å². The van der Waals surface area contributed by atoms with Crippen LogP contribution in [-0.2, 0) is 6.42 Å². The van der Waals surface area contributed by atoms with E-state index >= 15 is 0 Å². The van der Waals surface area contributed by atoms with Crippen molar-refractivity contribution in [3.63, 3.8) is 0 Å². The molecule has 23 heavy (non-hydrogen) atoms. The lowest BCUT2D eigenvalue weighted by Crippen LogP contribution is -2.23. The molecule has 0 unspecified atom stereocenters. The van der Waals surface area contributed by atoms with Gasteiger partial charge in [-0.1, -0.05) is 30.3 Å². The zero-order valence-electron chi connectivity index (χ0n) is 13.6. The third kappa shape index (κ3) is 3.54. The molecule has 0 bridgehead atoms. The number of para-hydroxylation sites is 1. The van der Waals surface area contributed by atoms with Gasteiger partial charge in [0, 0.05) is 29.3 Å². The van der Waals surface area contributed by atoms with Crippen molar-refractivity contribution < 1.29 is 0 Å². The number of nitrogens with two attached hydrogens (primary N) is 1. The first kappa shape index (κ1) is 15.2. The molecule has 4 nitrogen and oxygen atoms in total. The van der Waals surface area contributed by atoms with Crippen LogP contribution in [0.2, 0.25) is 0 Å². The van der Waals surface area contributed by atoms with Crippen LogP contribution in [-0.4, -0.2) is 17.5 Å². The van der Waals surface area contributed by atoms with Gasteiger partial charge in [0.1, 0.15) is 0 Å². The molecule has 0 fully saturated rings. The van der Waals surface area contributed by atoms with Gasteiger partial charge in [-0.15, -0.1) is 0 Å². The molecule has 3 rings (SSSR count). The number of rotatable bonds is 4. The summed E-state index contributed by atoms with van der Waals surface area (Å²) in [6, 6.07) is 14.4. The molecule has 0 spiro atoms. The van der Waals surface area contributed by atoms with E-state index in [4.69, 9.17) is 5.73 Å². The monoisotopic (exact) mass is 306 g/mol. The zero-order valence-corrected chi connectivity index (χ0v) is 13.6. The Labute approximate surface area is 136 Å². The molecule has 4 heteroatoms. The van der Waals surface area contributed by atoms with Crippen molar-refractivity contribution in [2.24, 2.45) is 10.7 Å². The topological polar surface area (TPSA) is 66.2 Å². The molecule has 0 atom stereocenters. The van der Waals surface area contributed by atoms with Crippen LogP contribution >= 0.6 is 0 Å². The molecule has 0 saturated heterocycles. The number of aromatic amines is 1. The predicted molar refractivity (Wildman–Crippen MR) is 98.0 cm³/mol. The van der Waals surface area contributed by atoms with Crippen molar-refractivity contribution in [3.05, 3.63) is 65.4 Å². The first-order valence-corrected chi connectivity index (χ1v) is 7.82. The molecule has 0 radical (unpaired) electrons. The number of anilines is 1. The Morgan fingerprint density at radius 1 is 1.17 bits per heavy atom. The summed E-state index contributed by atoms with van der Waals surface area (Å²) in [7, 11) is 0. The number of hydrogen-bond donors (Lipinski definition) is 3. The van der Waals surface area contributed by atoms with E-state index < -0.39 is 0 Å². The lowest BCUT2D eigenvalue weighted by Gasteiger charge is -2.06. The van der Waals surface area contributed by atoms with Crippen LogP contribution in [0.4, 0.5) is 5.69 Å². The highest BCUT2D eigenvalue weighted by Crippen LogP contribution is 2.21. The van der Waals surface area contributed by atoms with Crippen molar-refractivity contribution in [1.82, 2.24) is 4.98 Å². The first-order valence-electron chi connectivity index (χ1n) is 7.82. The van der Waals surface area contributed by atoms with Crippen molar-refractivity contribution in [1.29, 1.82) is 0 Å². The lowest BCUT2D eigenvalue weighted by molar-refractivity contribution is 0.972. The highest BCUT2D eigenvalue weighted by atomic mass is 15.1. The Morgan fingerprint density at radius 2 is 2.00 bits per heavy atom. The Morgan fingerprint density at radius 3 is 2.83 bits per heavy atom. The number of nitrogens with zero attached hydrogens (tertiary/aromatic N) is 1. The summed E-state index contributed by atoms with van der Waals surface area (Å²) in [6.07, 6.45) is 2.93. The minimum Gasteiger partial charge on any atom is -0.370 e. The molecular weight excluding hydrogens is 284 g/mol. The molecule has 3 aromatic rings. The molecule has 1 heterocycles. The molecule has 4 N–H and O–H groups in total. The molecule has 0 aliphatic carbocycles. The summed E-state index contributed by atoms with van der Waals surface area (Å²) in [5.74, 6) is 0.451. The van der Waals surface area contributed by atoms with E-state index in [0.717, 1.165) is 12.1 Å². The highest BCUT2D eigenvalue weighted by Gasteiger charge is 2.04. The van der Waals surface area contributed by atoms with Crippen LogP contribution < -0.4 is 11.1 Å². The van der Waals surface area contributed by atoms with Gasteiger partial charge in [-0.3, -0.25) is 4.99 Å². The summed E-state index contributed by atoms with van der Waals surface area (Å²) in [5, 5.41) is 4.40. The van der Waals surface area contributed by atoms with Gasteiger partial charge in [0.05, 0.1) is 0 Å². The van der Waals surface area contributed by atoms with E-state index in [-0.39, 0.29) is 0 Å². The summed E-state index contributed by atoms with van der Waals surface area (Å²) in [5.41, 5.74) is 11.9. The Bertz CT molecular complexity index is 845. The van der Waals surface area contributed by atoms with Gasteiger partial charge in [-0.25, -0.2) is 0 Å². The number of aromatic nitrogens is 1. The second-order valence-electron chi connectivity index (χ2n) is 5.82. The highest BCUT2D eigenvalue weighted by molar-refractivity contribution is 5.92. The smallest absolute Gasteiger partial charge is 0.193 e. The quantitative estimate of drug-likeness (QED) is 0.507. The van der Waals surface area contributed by atoms with Crippen LogP contribution in [0.15, 0.2) is 53.7 Å². The van der Waals surface area contributed by atoms with Gasteiger partial charge in [0.2, 0.25) is 0 Å². The Kier molecular flexibility index (Phi) is 4.33. The van der Waals surface area contributed by atoms with Gasteiger partial charge in [-0.2, -0.15) is 0 Å². The molecule has 0 aliphatic rings. The largest absolute Gasteiger partial charge is 0.370 e. The molecular formula is C19H22N4. The van der Waals surface area contributed by atoms with E-state index in [0.29, 0.717) is 12.5 Å². The predicted octanol–water partition coefficient (Wildman–Crippen LogP) is 3.75.